The Bertz CT molecular complexity index is 1640. The molecule has 3 aromatic carbocycles. The molecule has 1 N–H and O–H groups in total. The maximum Gasteiger partial charge on any atom is 0.435 e. The van der Waals surface area contributed by atoms with Crippen LogP contribution < -0.4 is 10.2 Å². The van der Waals surface area contributed by atoms with E-state index in [1.165, 1.54) is 12.1 Å². The average molecular weight is 753 g/mol. The summed E-state index contributed by atoms with van der Waals surface area (Å²) in [5.74, 6) is -2.15. The number of benzene rings is 3. The topological polar surface area (TPSA) is 49.4 Å². The Balaban J connectivity index is 1.71. The van der Waals surface area contributed by atoms with E-state index in [-0.39, 0.29) is 29.8 Å². The highest BCUT2D eigenvalue weighted by molar-refractivity contribution is 9.10. The maximum atomic E-state index is 14.6. The van der Waals surface area contributed by atoms with Crippen molar-refractivity contribution in [3.63, 3.8) is 0 Å². The van der Waals surface area contributed by atoms with Crippen molar-refractivity contribution in [1.29, 1.82) is 0 Å². The Labute approximate surface area is 264 Å². The zero-order chi connectivity index (χ0) is 35.3. The summed E-state index contributed by atoms with van der Waals surface area (Å²) in [4.78, 5) is 27.5. The molecule has 1 aliphatic carbocycles. The summed E-state index contributed by atoms with van der Waals surface area (Å²) in [6, 6.07) is 6.96. The van der Waals surface area contributed by atoms with Crippen molar-refractivity contribution in [1.82, 2.24) is 0 Å². The van der Waals surface area contributed by atoms with Gasteiger partial charge in [0.1, 0.15) is 0 Å². The first-order valence-electron chi connectivity index (χ1n) is 13.1. The Kier molecular flexibility index (Phi) is 9.44. The van der Waals surface area contributed by atoms with E-state index in [1.54, 1.807) is 5.32 Å². The van der Waals surface area contributed by atoms with Crippen LogP contribution in [0.2, 0.25) is 0 Å². The van der Waals surface area contributed by atoms with Crippen molar-refractivity contribution in [3.8, 4) is 0 Å². The van der Waals surface area contributed by atoms with E-state index in [0.29, 0.717) is 25.0 Å². The molecule has 0 heterocycles. The Morgan fingerprint density at radius 1 is 0.723 bits per heavy atom. The fraction of sp³-hybridized carbons (Fsp3) is 0.310. The van der Waals surface area contributed by atoms with Gasteiger partial charge in [-0.25, -0.2) is 4.39 Å². The van der Waals surface area contributed by atoms with Gasteiger partial charge in [0.2, 0.25) is 0 Å². The van der Waals surface area contributed by atoms with Crippen LogP contribution in [0.15, 0.2) is 65.1 Å². The van der Waals surface area contributed by atoms with Crippen LogP contribution in [0.3, 0.4) is 0 Å². The van der Waals surface area contributed by atoms with Gasteiger partial charge in [-0.3, -0.25) is 9.59 Å². The average Bonchev–Trinajstić information content (AvgIpc) is 3.78. The molecule has 1 aliphatic rings. The van der Waals surface area contributed by atoms with Gasteiger partial charge in [0.25, 0.3) is 11.8 Å². The molecule has 47 heavy (non-hydrogen) atoms. The molecule has 0 aliphatic heterocycles. The quantitative estimate of drug-likeness (QED) is 0.244. The summed E-state index contributed by atoms with van der Waals surface area (Å²) in [7, 11) is 0. The number of halogens is 14. The minimum Gasteiger partial charge on any atom is -0.320 e. The first-order valence-corrected chi connectivity index (χ1v) is 13.9. The largest absolute Gasteiger partial charge is 0.435 e. The molecule has 4 rings (SSSR count). The van der Waals surface area contributed by atoms with Gasteiger partial charge in [-0.2, -0.15) is 52.7 Å². The number of alkyl halides is 13. The Morgan fingerprint density at radius 2 is 1.30 bits per heavy atom. The fourth-order valence-electron chi connectivity index (χ4n) is 4.47. The number of carbonyl (C=O) groups is 2. The first-order chi connectivity index (χ1) is 21.4. The predicted molar refractivity (Wildman–Crippen MR) is 144 cm³/mol. The lowest BCUT2D eigenvalue weighted by molar-refractivity contribution is -0.348. The molecule has 0 radical (unpaired) electrons. The van der Waals surface area contributed by atoms with E-state index in [1.807, 2.05) is 0 Å². The molecule has 2 amide bonds. The molecular formula is C29H18BrF13N2O2. The van der Waals surface area contributed by atoms with Crippen LogP contribution in [0.1, 0.15) is 50.2 Å². The molecule has 0 aromatic heterocycles. The van der Waals surface area contributed by atoms with E-state index < -0.39 is 80.7 Å². The lowest BCUT2D eigenvalue weighted by Gasteiger charge is -2.31. The third-order valence-corrected chi connectivity index (χ3v) is 7.70. The standard InChI is InChI=1S/C29H18BrF13N2O2/c30-21-12-18(25(31,28(38,39)40)29(41,42)43)11-20(27(35,36)37)22(21)44-23(46)16-2-1-3-19(10-16)45(13-14-4-5-14)24(47)15-6-8-17(9-7-15)26(32,33)34/h1-3,6-12,14H,4-5,13H2,(H,44,46). The molecular weight excluding hydrogens is 735 g/mol. The van der Waals surface area contributed by atoms with Gasteiger partial charge in [0.05, 0.1) is 16.8 Å². The van der Waals surface area contributed by atoms with E-state index in [9.17, 15) is 66.7 Å². The van der Waals surface area contributed by atoms with Crippen molar-refractivity contribution in [2.24, 2.45) is 5.92 Å². The normalized spacial score (nSPS) is 14.6. The van der Waals surface area contributed by atoms with Gasteiger partial charge in [-0.1, -0.05) is 6.07 Å². The molecule has 0 bridgehead atoms. The highest BCUT2D eigenvalue weighted by Crippen LogP contribution is 2.55. The summed E-state index contributed by atoms with van der Waals surface area (Å²) in [6.45, 7) is 0.0551. The Hall–Kier alpha value is -3.83. The zero-order valence-electron chi connectivity index (χ0n) is 23.0. The van der Waals surface area contributed by atoms with Crippen LogP contribution in [0.4, 0.5) is 68.5 Å². The monoisotopic (exact) mass is 752 g/mol. The fourth-order valence-corrected chi connectivity index (χ4v) is 5.03. The van der Waals surface area contributed by atoms with Crippen LogP contribution in [0.25, 0.3) is 0 Å². The van der Waals surface area contributed by atoms with Gasteiger partial charge < -0.3 is 10.2 Å². The summed E-state index contributed by atoms with van der Waals surface area (Å²) in [6.07, 6.45) is -22.4. The summed E-state index contributed by atoms with van der Waals surface area (Å²) < 4.78 is 174. The van der Waals surface area contributed by atoms with Crippen molar-refractivity contribution >= 4 is 39.1 Å². The Morgan fingerprint density at radius 3 is 1.79 bits per heavy atom. The van der Waals surface area contributed by atoms with Crippen LogP contribution in [-0.2, 0) is 18.0 Å². The van der Waals surface area contributed by atoms with Crippen molar-refractivity contribution < 1.29 is 66.7 Å². The third-order valence-electron chi connectivity index (χ3n) is 7.08. The number of anilines is 2. The van der Waals surface area contributed by atoms with Crippen LogP contribution in [0, 0.1) is 5.92 Å². The van der Waals surface area contributed by atoms with Crippen LogP contribution in [0.5, 0.6) is 0 Å². The van der Waals surface area contributed by atoms with Crippen LogP contribution >= 0.6 is 15.9 Å². The lowest BCUT2D eigenvalue weighted by Crippen LogP contribution is -2.50. The zero-order valence-corrected chi connectivity index (χ0v) is 24.6. The van der Waals surface area contributed by atoms with Gasteiger partial charge in [-0.15, -0.1) is 0 Å². The molecule has 1 fully saturated rings. The minimum atomic E-state index is -6.72. The number of nitrogens with zero attached hydrogens (tertiary/aromatic N) is 1. The second-order valence-corrected chi connectivity index (χ2v) is 11.3. The number of carbonyl (C=O) groups excluding carboxylic acids is 2. The van der Waals surface area contributed by atoms with Crippen LogP contribution in [-0.4, -0.2) is 30.7 Å². The van der Waals surface area contributed by atoms with Crippen molar-refractivity contribution in [3.05, 3.63) is 93.0 Å². The van der Waals surface area contributed by atoms with Gasteiger partial charge in [-0.05, 0) is 89.3 Å². The third kappa shape index (κ3) is 7.51. The van der Waals surface area contributed by atoms with Crippen molar-refractivity contribution in [2.75, 3.05) is 16.8 Å². The molecule has 4 nitrogen and oxygen atoms in total. The van der Waals surface area contributed by atoms with Gasteiger partial charge in [0.15, 0.2) is 0 Å². The minimum absolute atomic E-state index is 0.00234. The molecule has 0 unspecified atom stereocenters. The number of rotatable bonds is 7. The SMILES string of the molecule is O=C(Nc1c(Br)cc(C(F)(C(F)(F)F)C(F)(F)F)cc1C(F)(F)F)c1cccc(N(CC2CC2)C(=O)c2ccc(C(F)(F)F)cc2)c1. The molecule has 18 heteroatoms. The van der Waals surface area contributed by atoms with E-state index in [4.69, 9.17) is 0 Å². The highest BCUT2D eigenvalue weighted by atomic mass is 79.9. The molecule has 3 aromatic rings. The van der Waals surface area contributed by atoms with E-state index in [0.717, 1.165) is 29.2 Å². The van der Waals surface area contributed by atoms with Gasteiger partial charge in [0, 0.05) is 33.4 Å². The molecule has 1 saturated carbocycles. The lowest BCUT2D eigenvalue weighted by atomic mass is 9.92. The second kappa shape index (κ2) is 12.3. The number of hydrogen-bond donors (Lipinski definition) is 1. The maximum absolute atomic E-state index is 14.6. The number of nitrogens with one attached hydrogen (secondary N) is 1. The van der Waals surface area contributed by atoms with Crippen molar-refractivity contribution in [2.45, 2.75) is 43.2 Å². The van der Waals surface area contributed by atoms with E-state index in [2.05, 4.69) is 15.9 Å². The predicted octanol–water partition coefficient (Wildman–Crippen LogP) is 10.1. The molecule has 254 valence electrons. The summed E-state index contributed by atoms with van der Waals surface area (Å²) >= 11 is 2.41. The highest BCUT2D eigenvalue weighted by Gasteiger charge is 2.73. The van der Waals surface area contributed by atoms with E-state index >= 15 is 0 Å². The molecule has 0 atom stereocenters. The molecule has 0 spiro atoms. The second-order valence-electron chi connectivity index (χ2n) is 10.5. The summed E-state index contributed by atoms with van der Waals surface area (Å²) in [5.41, 5.74) is -13.8. The number of amides is 2. The summed E-state index contributed by atoms with van der Waals surface area (Å²) in [5, 5.41) is 1.76. The first kappa shape index (κ1) is 36.0. The molecule has 0 saturated heterocycles. The number of hydrogen-bond acceptors (Lipinski definition) is 2. The smallest absolute Gasteiger partial charge is 0.320 e. The van der Waals surface area contributed by atoms with Gasteiger partial charge >= 0.3 is 30.4 Å².